The summed E-state index contributed by atoms with van der Waals surface area (Å²) in [4.78, 5) is 11.1. The van der Waals surface area contributed by atoms with Crippen LogP contribution in [0.1, 0.15) is 12.2 Å². The Morgan fingerprint density at radius 3 is 2.78 bits per heavy atom. The molecule has 3 aromatic rings. The monoisotopic (exact) mass is 439 g/mol. The number of aromatic amines is 1. The zero-order valence-corrected chi connectivity index (χ0v) is 18.6. The zero-order chi connectivity index (χ0) is 22.3. The molecule has 1 saturated heterocycles. The second-order valence-corrected chi connectivity index (χ2v) is 7.48. The number of nitrogens with one attached hydrogen (secondary N) is 3. The number of hydrogen-bond acceptors (Lipinski definition) is 7. The summed E-state index contributed by atoms with van der Waals surface area (Å²) >= 11 is 0. The molecule has 2 aromatic heterocycles. The van der Waals surface area contributed by atoms with Crippen molar-refractivity contribution in [3.8, 4) is 23.1 Å². The molecule has 0 amide bonds. The fraction of sp³-hybridized carbons (Fsp3) is 0.409. The van der Waals surface area contributed by atoms with Gasteiger partial charge in [-0.15, -0.1) is 0 Å². The highest BCUT2D eigenvalue weighted by Crippen LogP contribution is 2.30. The van der Waals surface area contributed by atoms with Crippen molar-refractivity contribution in [1.82, 2.24) is 25.8 Å². The first-order valence-corrected chi connectivity index (χ1v) is 10.6. The van der Waals surface area contributed by atoms with Gasteiger partial charge in [0.1, 0.15) is 17.3 Å². The maximum atomic E-state index is 5.40. The van der Waals surface area contributed by atoms with Gasteiger partial charge >= 0.3 is 0 Å². The normalized spacial score (nSPS) is 16.3. The van der Waals surface area contributed by atoms with Crippen molar-refractivity contribution in [3.05, 3.63) is 42.4 Å². The lowest BCUT2D eigenvalue weighted by Gasteiger charge is -2.21. The Labute approximate surface area is 187 Å². The zero-order valence-electron chi connectivity index (χ0n) is 18.6. The molecule has 0 radical (unpaired) electrons. The molecule has 1 aliphatic rings. The first kappa shape index (κ1) is 21.5. The Kier molecular flexibility index (Phi) is 6.78. The molecule has 32 heavy (non-hydrogen) atoms. The Morgan fingerprint density at radius 1 is 1.28 bits per heavy atom. The van der Waals surface area contributed by atoms with Crippen LogP contribution in [0.25, 0.3) is 11.6 Å². The van der Waals surface area contributed by atoms with Gasteiger partial charge < -0.3 is 29.4 Å². The Hall–Kier alpha value is -3.69. The minimum atomic E-state index is 0.286. The van der Waals surface area contributed by atoms with E-state index in [9.17, 15) is 0 Å². The highest BCUT2D eigenvalue weighted by molar-refractivity contribution is 5.80. The topological polar surface area (TPSA) is 113 Å². The summed E-state index contributed by atoms with van der Waals surface area (Å²) in [6.07, 6.45) is 3.31. The first-order chi connectivity index (χ1) is 15.7. The fourth-order valence-electron chi connectivity index (χ4n) is 3.70. The third-order valence-electron chi connectivity index (χ3n) is 5.38. The van der Waals surface area contributed by atoms with Crippen molar-refractivity contribution < 1.29 is 13.9 Å². The molecule has 0 saturated carbocycles. The van der Waals surface area contributed by atoms with Crippen molar-refractivity contribution in [2.75, 3.05) is 45.8 Å². The van der Waals surface area contributed by atoms with Crippen LogP contribution < -0.4 is 25.0 Å². The molecule has 0 spiro atoms. The standard InChI is InChI=1S/C22H29N7O3/c1-23-22(24-8-6-20-26-21(28-27-20)19-5-4-10-32-19)25-15-7-9-29(14-15)16-11-17(30-2)13-18(12-16)31-3/h4-5,10-13,15H,6-9,14H2,1-3H3,(H2,23,24,25)(H,26,27,28). The minimum Gasteiger partial charge on any atom is -0.497 e. The number of rotatable bonds is 8. The van der Waals surface area contributed by atoms with Gasteiger partial charge in [-0.25, -0.2) is 4.98 Å². The predicted molar refractivity (Wildman–Crippen MR) is 122 cm³/mol. The number of guanidine groups is 1. The largest absolute Gasteiger partial charge is 0.497 e. The van der Waals surface area contributed by atoms with E-state index in [1.165, 1.54) is 0 Å². The van der Waals surface area contributed by atoms with Gasteiger partial charge in [0.15, 0.2) is 11.7 Å². The number of nitrogens with zero attached hydrogens (tertiary/aromatic N) is 4. The Bertz CT molecular complexity index is 1010. The molecule has 10 nitrogen and oxygen atoms in total. The number of aliphatic imine (C=N–C) groups is 1. The highest BCUT2D eigenvalue weighted by Gasteiger charge is 2.24. The van der Waals surface area contributed by atoms with Crippen molar-refractivity contribution >= 4 is 11.6 Å². The summed E-state index contributed by atoms with van der Waals surface area (Å²) in [6.45, 7) is 2.49. The molecule has 3 heterocycles. The van der Waals surface area contributed by atoms with Gasteiger partial charge in [-0.3, -0.25) is 10.1 Å². The number of anilines is 1. The maximum Gasteiger partial charge on any atom is 0.216 e. The fourth-order valence-corrected chi connectivity index (χ4v) is 3.70. The second kappa shape index (κ2) is 10.1. The van der Waals surface area contributed by atoms with Crippen LogP contribution in [0.2, 0.25) is 0 Å². The van der Waals surface area contributed by atoms with Crippen LogP contribution in [0.3, 0.4) is 0 Å². The number of benzene rings is 1. The molecular formula is C22H29N7O3. The maximum absolute atomic E-state index is 5.40. The average Bonchev–Trinajstić information content (AvgIpc) is 3.59. The van der Waals surface area contributed by atoms with Crippen molar-refractivity contribution in [2.45, 2.75) is 18.9 Å². The molecule has 170 valence electrons. The van der Waals surface area contributed by atoms with Crippen LogP contribution in [0.5, 0.6) is 11.5 Å². The minimum absolute atomic E-state index is 0.286. The summed E-state index contributed by atoms with van der Waals surface area (Å²) in [5, 5.41) is 14.0. The number of furan rings is 1. The number of H-pyrrole nitrogens is 1. The molecule has 1 atom stereocenters. The smallest absolute Gasteiger partial charge is 0.216 e. The summed E-state index contributed by atoms with van der Waals surface area (Å²) in [6, 6.07) is 9.89. The first-order valence-electron chi connectivity index (χ1n) is 10.6. The molecule has 4 rings (SSSR count). The van der Waals surface area contributed by atoms with Gasteiger partial charge in [-0.1, -0.05) is 0 Å². The number of ether oxygens (including phenoxy) is 2. The van der Waals surface area contributed by atoms with Gasteiger partial charge in [0.2, 0.25) is 5.82 Å². The van der Waals surface area contributed by atoms with Crippen molar-refractivity contribution in [2.24, 2.45) is 4.99 Å². The number of aromatic nitrogens is 3. The quantitative estimate of drug-likeness (QED) is 0.361. The molecule has 1 aliphatic heterocycles. The van der Waals surface area contributed by atoms with E-state index in [2.05, 4.69) is 35.7 Å². The van der Waals surface area contributed by atoms with E-state index in [-0.39, 0.29) is 6.04 Å². The van der Waals surface area contributed by atoms with Crippen LogP contribution in [-0.2, 0) is 6.42 Å². The van der Waals surface area contributed by atoms with Crippen LogP contribution in [0.4, 0.5) is 5.69 Å². The van der Waals surface area contributed by atoms with E-state index in [1.807, 2.05) is 30.3 Å². The van der Waals surface area contributed by atoms with Crippen molar-refractivity contribution in [1.29, 1.82) is 0 Å². The molecule has 0 aliphatic carbocycles. The van der Waals surface area contributed by atoms with Gasteiger partial charge in [0.25, 0.3) is 0 Å². The van der Waals surface area contributed by atoms with E-state index in [0.29, 0.717) is 24.6 Å². The highest BCUT2D eigenvalue weighted by atomic mass is 16.5. The lowest BCUT2D eigenvalue weighted by atomic mass is 10.2. The third-order valence-corrected chi connectivity index (χ3v) is 5.38. The van der Waals surface area contributed by atoms with Crippen LogP contribution in [0, 0.1) is 0 Å². The molecule has 1 unspecified atom stereocenters. The van der Waals surface area contributed by atoms with E-state index < -0.39 is 0 Å². The van der Waals surface area contributed by atoms with Gasteiger partial charge in [0, 0.05) is 63.0 Å². The van der Waals surface area contributed by atoms with E-state index in [0.717, 1.165) is 48.5 Å². The average molecular weight is 440 g/mol. The van der Waals surface area contributed by atoms with Gasteiger partial charge in [-0.05, 0) is 18.6 Å². The van der Waals surface area contributed by atoms with E-state index in [4.69, 9.17) is 13.9 Å². The van der Waals surface area contributed by atoms with Crippen LogP contribution in [0.15, 0.2) is 46.0 Å². The van der Waals surface area contributed by atoms with E-state index in [1.54, 1.807) is 27.5 Å². The van der Waals surface area contributed by atoms with Gasteiger partial charge in [0.05, 0.1) is 20.5 Å². The SMILES string of the molecule is CN=C(NCCc1nc(-c2ccco2)n[nH]1)NC1CCN(c2cc(OC)cc(OC)c2)C1. The lowest BCUT2D eigenvalue weighted by molar-refractivity contribution is 0.394. The Morgan fingerprint density at radius 2 is 2.09 bits per heavy atom. The third kappa shape index (κ3) is 5.13. The van der Waals surface area contributed by atoms with Crippen LogP contribution in [-0.4, -0.2) is 68.1 Å². The summed E-state index contributed by atoms with van der Waals surface area (Å²) in [5.41, 5.74) is 1.09. The van der Waals surface area contributed by atoms with Gasteiger partial charge in [-0.2, -0.15) is 5.10 Å². The van der Waals surface area contributed by atoms with E-state index >= 15 is 0 Å². The molecule has 0 bridgehead atoms. The van der Waals surface area contributed by atoms with Crippen LogP contribution >= 0.6 is 0 Å². The predicted octanol–water partition coefficient (Wildman–Crippen LogP) is 2.07. The molecule has 10 heteroatoms. The Balaban J connectivity index is 1.27. The summed E-state index contributed by atoms with van der Waals surface area (Å²) in [7, 11) is 5.11. The number of methoxy groups -OCH3 is 2. The lowest BCUT2D eigenvalue weighted by Crippen LogP contribution is -2.45. The molecule has 3 N–H and O–H groups in total. The van der Waals surface area contributed by atoms with Crippen molar-refractivity contribution in [3.63, 3.8) is 0 Å². The molecule has 1 aromatic carbocycles. The number of hydrogen-bond donors (Lipinski definition) is 3. The molecular weight excluding hydrogens is 410 g/mol. The summed E-state index contributed by atoms with van der Waals surface area (Å²) < 4.78 is 16.1. The second-order valence-electron chi connectivity index (χ2n) is 7.48. The molecule has 1 fully saturated rings. The summed E-state index contributed by atoms with van der Waals surface area (Å²) in [5.74, 6) is 4.35.